The van der Waals surface area contributed by atoms with Gasteiger partial charge < -0.3 is 5.32 Å². The van der Waals surface area contributed by atoms with Crippen molar-refractivity contribution < 1.29 is 0 Å². The molecule has 0 amide bonds. The molecule has 0 bridgehead atoms. The van der Waals surface area contributed by atoms with Crippen LogP contribution in [0.4, 0.5) is 0 Å². The molecule has 0 spiro atoms. The summed E-state index contributed by atoms with van der Waals surface area (Å²) < 4.78 is 0. The third-order valence-corrected chi connectivity index (χ3v) is 4.86. The van der Waals surface area contributed by atoms with Gasteiger partial charge in [0, 0.05) is 15.8 Å². The van der Waals surface area contributed by atoms with Crippen molar-refractivity contribution in [2.75, 3.05) is 7.05 Å². The van der Waals surface area contributed by atoms with Gasteiger partial charge in [-0.3, -0.25) is 0 Å². The maximum absolute atomic E-state index is 3.47. The molecule has 2 heteroatoms. The Morgan fingerprint density at radius 2 is 2.12 bits per heavy atom. The minimum atomic E-state index is 0.783. The van der Waals surface area contributed by atoms with Crippen molar-refractivity contribution in [1.82, 2.24) is 5.32 Å². The van der Waals surface area contributed by atoms with Gasteiger partial charge in [0.2, 0.25) is 0 Å². The molecule has 1 aliphatic rings. The van der Waals surface area contributed by atoms with Crippen molar-refractivity contribution in [2.45, 2.75) is 51.5 Å². The summed E-state index contributed by atoms with van der Waals surface area (Å²) in [5, 5.41) is 3.47. The lowest BCUT2D eigenvalue weighted by atomic mass is 10.1. The smallest absolute Gasteiger partial charge is 0.00924 e. The molecule has 0 radical (unpaired) electrons. The van der Waals surface area contributed by atoms with Crippen LogP contribution in [0.1, 0.15) is 42.4 Å². The molecule has 0 aliphatic heterocycles. The Balaban J connectivity index is 1.70. The van der Waals surface area contributed by atoms with Crippen LogP contribution >= 0.6 is 11.3 Å². The predicted octanol–water partition coefficient (Wildman–Crippen LogP) is 3.63. The zero-order valence-corrected chi connectivity index (χ0v) is 11.3. The highest BCUT2D eigenvalue weighted by Crippen LogP contribution is 2.34. The molecule has 1 aromatic rings. The molecular weight excluding hydrogens is 214 g/mol. The van der Waals surface area contributed by atoms with E-state index in [0.29, 0.717) is 0 Å². The van der Waals surface area contributed by atoms with Crippen LogP contribution in [0.25, 0.3) is 0 Å². The largest absolute Gasteiger partial charge is 0.317 e. The lowest BCUT2D eigenvalue weighted by Crippen LogP contribution is -2.27. The Labute approximate surface area is 103 Å². The molecule has 1 saturated carbocycles. The molecule has 1 aromatic heterocycles. The number of rotatable bonds is 7. The zero-order valence-electron chi connectivity index (χ0n) is 10.5. The first-order valence-electron chi connectivity index (χ1n) is 6.58. The maximum Gasteiger partial charge on any atom is 0.00924 e. The third-order valence-electron chi connectivity index (χ3n) is 3.57. The highest BCUT2D eigenvalue weighted by molar-refractivity contribution is 7.11. The van der Waals surface area contributed by atoms with Crippen molar-refractivity contribution in [1.29, 1.82) is 0 Å². The molecule has 16 heavy (non-hydrogen) atoms. The summed E-state index contributed by atoms with van der Waals surface area (Å²) in [6.45, 7) is 2.24. The second-order valence-corrected chi connectivity index (χ2v) is 6.10. The zero-order chi connectivity index (χ0) is 11.4. The molecule has 0 saturated heterocycles. The molecule has 1 nitrogen and oxygen atoms in total. The number of hydrogen-bond acceptors (Lipinski definition) is 2. The molecule has 1 atom stereocenters. The first-order chi connectivity index (χ1) is 7.83. The van der Waals surface area contributed by atoms with Gasteiger partial charge in [-0.15, -0.1) is 11.3 Å². The van der Waals surface area contributed by atoms with E-state index in [4.69, 9.17) is 0 Å². The summed E-state index contributed by atoms with van der Waals surface area (Å²) in [7, 11) is 2.11. The van der Waals surface area contributed by atoms with E-state index in [0.717, 1.165) is 12.0 Å². The van der Waals surface area contributed by atoms with Crippen LogP contribution in [-0.2, 0) is 12.8 Å². The van der Waals surface area contributed by atoms with Crippen LogP contribution in [0.2, 0.25) is 0 Å². The van der Waals surface area contributed by atoms with Crippen LogP contribution in [0.15, 0.2) is 12.1 Å². The fourth-order valence-corrected chi connectivity index (χ4v) is 3.36. The van der Waals surface area contributed by atoms with E-state index in [9.17, 15) is 0 Å². The summed E-state index contributed by atoms with van der Waals surface area (Å²) in [5.74, 6) is 0.986. The first kappa shape index (κ1) is 12.1. The molecule has 1 unspecified atom stereocenters. The Kier molecular flexibility index (Phi) is 4.42. The number of aryl methyl sites for hydroxylation is 2. The van der Waals surface area contributed by atoms with Crippen molar-refractivity contribution >= 4 is 11.3 Å². The maximum atomic E-state index is 3.47. The topological polar surface area (TPSA) is 12.0 Å². The average Bonchev–Trinajstić information content (AvgIpc) is 3.04. The van der Waals surface area contributed by atoms with E-state index in [2.05, 4.69) is 31.4 Å². The molecule has 0 aromatic carbocycles. The van der Waals surface area contributed by atoms with Crippen molar-refractivity contribution in [3.63, 3.8) is 0 Å². The van der Waals surface area contributed by atoms with Gasteiger partial charge in [-0.05, 0) is 63.6 Å². The van der Waals surface area contributed by atoms with Gasteiger partial charge in [0.1, 0.15) is 0 Å². The van der Waals surface area contributed by atoms with Gasteiger partial charge in [0.15, 0.2) is 0 Å². The second kappa shape index (κ2) is 5.83. The van der Waals surface area contributed by atoms with E-state index in [1.165, 1.54) is 43.4 Å². The van der Waals surface area contributed by atoms with Crippen LogP contribution in [0.5, 0.6) is 0 Å². The number of nitrogens with one attached hydrogen (secondary N) is 1. The fraction of sp³-hybridized carbons (Fsp3) is 0.714. The lowest BCUT2D eigenvalue weighted by Gasteiger charge is -2.14. The van der Waals surface area contributed by atoms with Gasteiger partial charge in [0.05, 0.1) is 0 Å². The van der Waals surface area contributed by atoms with Gasteiger partial charge in [-0.25, -0.2) is 0 Å². The second-order valence-electron chi connectivity index (χ2n) is 4.85. The summed E-state index contributed by atoms with van der Waals surface area (Å²) in [6, 6.07) is 5.39. The molecule has 90 valence electrons. The molecule has 1 N–H and O–H groups in total. The average molecular weight is 237 g/mol. The van der Waals surface area contributed by atoms with E-state index in [-0.39, 0.29) is 0 Å². The van der Waals surface area contributed by atoms with E-state index < -0.39 is 0 Å². The highest BCUT2D eigenvalue weighted by atomic mass is 32.1. The lowest BCUT2D eigenvalue weighted by molar-refractivity contribution is 0.457. The van der Waals surface area contributed by atoms with Gasteiger partial charge in [-0.1, -0.05) is 6.92 Å². The summed E-state index contributed by atoms with van der Waals surface area (Å²) in [6.07, 6.45) is 8.04. The van der Waals surface area contributed by atoms with Gasteiger partial charge in [0.25, 0.3) is 0 Å². The van der Waals surface area contributed by atoms with E-state index >= 15 is 0 Å². The van der Waals surface area contributed by atoms with Gasteiger partial charge in [-0.2, -0.15) is 0 Å². The molecule has 1 fully saturated rings. The normalized spacial score (nSPS) is 17.6. The van der Waals surface area contributed by atoms with E-state index in [1.54, 1.807) is 4.88 Å². The van der Waals surface area contributed by atoms with Crippen LogP contribution in [0, 0.1) is 5.92 Å². The Bertz CT molecular complexity index is 314. The van der Waals surface area contributed by atoms with Gasteiger partial charge >= 0.3 is 0 Å². The minimum absolute atomic E-state index is 0.783. The molecule has 1 aliphatic carbocycles. The third kappa shape index (κ3) is 3.33. The molecule has 1 heterocycles. The molecule has 2 rings (SSSR count). The first-order valence-corrected chi connectivity index (χ1v) is 7.40. The molecular formula is C14H23NS. The Morgan fingerprint density at radius 1 is 1.38 bits per heavy atom. The minimum Gasteiger partial charge on any atom is -0.317 e. The van der Waals surface area contributed by atoms with Crippen molar-refractivity contribution in [2.24, 2.45) is 5.92 Å². The number of hydrogen-bond donors (Lipinski definition) is 1. The Hall–Kier alpha value is -0.340. The van der Waals surface area contributed by atoms with Crippen LogP contribution < -0.4 is 5.32 Å². The SMILES string of the molecule is CCc1ccc(CCCC(NC)C2CC2)s1. The standard InChI is InChI=1S/C14H23NS/c1-3-12-9-10-13(16-12)5-4-6-14(15-2)11-7-8-11/h9-11,14-15H,3-8H2,1-2H3. The van der Waals surface area contributed by atoms with Crippen LogP contribution in [0.3, 0.4) is 0 Å². The van der Waals surface area contributed by atoms with Crippen molar-refractivity contribution in [3.8, 4) is 0 Å². The fourth-order valence-electron chi connectivity index (χ4n) is 2.36. The summed E-state index contributed by atoms with van der Waals surface area (Å²) in [5.41, 5.74) is 0. The highest BCUT2D eigenvalue weighted by Gasteiger charge is 2.29. The van der Waals surface area contributed by atoms with E-state index in [1.807, 2.05) is 11.3 Å². The van der Waals surface area contributed by atoms with Crippen LogP contribution in [-0.4, -0.2) is 13.1 Å². The quantitative estimate of drug-likeness (QED) is 0.763. The summed E-state index contributed by atoms with van der Waals surface area (Å²) in [4.78, 5) is 3.10. The summed E-state index contributed by atoms with van der Waals surface area (Å²) >= 11 is 2.00. The monoisotopic (exact) mass is 237 g/mol. The van der Waals surface area contributed by atoms with Crippen molar-refractivity contribution in [3.05, 3.63) is 21.9 Å². The Morgan fingerprint density at radius 3 is 2.69 bits per heavy atom. The predicted molar refractivity (Wildman–Crippen MR) is 72.2 cm³/mol. The number of thiophene rings is 1.